The first-order valence-electron chi connectivity index (χ1n) is 15.0. The van der Waals surface area contributed by atoms with Gasteiger partial charge in [0.05, 0.1) is 24.9 Å². The number of carbonyl (C=O) groups is 2. The summed E-state index contributed by atoms with van der Waals surface area (Å²) in [6, 6.07) is 21.6. The predicted molar refractivity (Wildman–Crippen MR) is 165 cm³/mol. The van der Waals surface area contributed by atoms with E-state index in [4.69, 9.17) is 14.6 Å². The molecule has 0 saturated carbocycles. The summed E-state index contributed by atoms with van der Waals surface area (Å²) in [6.45, 7) is 0.834. The molecule has 5 N–H and O–H groups in total. The molecule has 4 atom stereocenters. The van der Waals surface area contributed by atoms with Gasteiger partial charge in [0.15, 0.2) is 6.29 Å². The molecule has 0 aliphatic carbocycles. The molecule has 1 aliphatic heterocycles. The third-order valence-electron chi connectivity index (χ3n) is 7.63. The molecule has 44 heavy (non-hydrogen) atoms. The van der Waals surface area contributed by atoms with Crippen molar-refractivity contribution < 1.29 is 39.5 Å². The number of unbranched alkanes of at least 4 members (excludes halogenated alkanes) is 2. The molecule has 1 aliphatic rings. The number of nitrogens with one attached hydrogen (secondary N) is 1. The number of anilines is 1. The van der Waals surface area contributed by atoms with Gasteiger partial charge in [-0.1, -0.05) is 55.0 Å². The lowest BCUT2D eigenvalue weighted by atomic mass is 9.99. The van der Waals surface area contributed by atoms with Crippen LogP contribution >= 0.6 is 0 Å². The number of hydrogen-bond acceptors (Lipinski definition) is 8. The Morgan fingerprint density at radius 1 is 0.955 bits per heavy atom. The second kappa shape index (κ2) is 16.3. The second-order valence-electron chi connectivity index (χ2n) is 11.3. The van der Waals surface area contributed by atoms with Crippen LogP contribution in [-0.4, -0.2) is 63.4 Å². The first kappa shape index (κ1) is 33.1. The van der Waals surface area contributed by atoms with Crippen LogP contribution in [0.3, 0.4) is 0 Å². The van der Waals surface area contributed by atoms with Gasteiger partial charge in [0.1, 0.15) is 5.75 Å². The third-order valence-corrected chi connectivity index (χ3v) is 7.63. The molecule has 0 radical (unpaired) electrons. The fourth-order valence-corrected chi connectivity index (χ4v) is 5.27. The summed E-state index contributed by atoms with van der Waals surface area (Å²) in [4.78, 5) is 25.0. The van der Waals surface area contributed by atoms with Crippen molar-refractivity contribution in [1.82, 2.24) is 4.90 Å². The Kier molecular flexibility index (Phi) is 12.3. The van der Waals surface area contributed by atoms with E-state index in [9.17, 15) is 24.9 Å². The lowest BCUT2D eigenvalue weighted by molar-refractivity contribution is -0.252. The number of benzene rings is 3. The van der Waals surface area contributed by atoms with Crippen molar-refractivity contribution in [2.24, 2.45) is 0 Å². The zero-order chi connectivity index (χ0) is 31.5. The van der Waals surface area contributed by atoms with E-state index in [1.54, 1.807) is 36.4 Å². The summed E-state index contributed by atoms with van der Waals surface area (Å²) in [5, 5.41) is 41.6. The highest BCUT2D eigenvalue weighted by molar-refractivity contribution is 5.90. The number of carbonyl (C=O) groups excluding carboxylic acids is 1. The summed E-state index contributed by atoms with van der Waals surface area (Å²) in [5.41, 5.74) is 3.85. The van der Waals surface area contributed by atoms with Crippen molar-refractivity contribution in [1.29, 1.82) is 0 Å². The topological polar surface area (TPSA) is 149 Å². The Morgan fingerprint density at radius 2 is 1.66 bits per heavy atom. The number of aliphatic hydroxyl groups excluding tert-OH is 2. The van der Waals surface area contributed by atoms with Gasteiger partial charge in [0.25, 0.3) is 0 Å². The van der Waals surface area contributed by atoms with Crippen LogP contribution in [0.4, 0.5) is 5.69 Å². The molecule has 3 aromatic carbocycles. The summed E-state index contributed by atoms with van der Waals surface area (Å²) < 4.78 is 12.8. The van der Waals surface area contributed by atoms with E-state index in [1.807, 2.05) is 48.3 Å². The van der Waals surface area contributed by atoms with E-state index in [-0.39, 0.29) is 36.9 Å². The minimum atomic E-state index is -0.825. The average Bonchev–Trinajstić information content (AvgIpc) is 3.01. The summed E-state index contributed by atoms with van der Waals surface area (Å²) >= 11 is 0. The number of phenolic OH excluding ortho intramolecular Hbond substituents is 1. The second-order valence-corrected chi connectivity index (χ2v) is 11.3. The van der Waals surface area contributed by atoms with E-state index < -0.39 is 18.4 Å². The van der Waals surface area contributed by atoms with Crippen LogP contribution < -0.4 is 5.32 Å². The Hall–Kier alpha value is -3.80. The maximum Gasteiger partial charge on any atom is 0.303 e. The monoisotopic (exact) mass is 606 g/mol. The number of phenols is 1. The molecule has 0 bridgehead atoms. The van der Waals surface area contributed by atoms with E-state index in [1.165, 1.54) is 0 Å². The number of aromatic hydroxyl groups is 1. The van der Waals surface area contributed by atoms with Gasteiger partial charge in [-0.3, -0.25) is 9.59 Å². The summed E-state index contributed by atoms with van der Waals surface area (Å²) in [7, 11) is 1.91. The van der Waals surface area contributed by atoms with Crippen molar-refractivity contribution in [3.63, 3.8) is 0 Å². The van der Waals surface area contributed by atoms with Gasteiger partial charge in [-0.2, -0.15) is 0 Å². The largest absolute Gasteiger partial charge is 0.508 e. The fraction of sp³-hybridized carbons (Fsp3) is 0.412. The molecule has 10 nitrogen and oxygen atoms in total. The Labute approximate surface area is 257 Å². The van der Waals surface area contributed by atoms with Crippen LogP contribution in [0.1, 0.15) is 79.3 Å². The summed E-state index contributed by atoms with van der Waals surface area (Å²) in [6.07, 6.45) is 0.949. The van der Waals surface area contributed by atoms with Crippen LogP contribution in [-0.2, 0) is 25.7 Å². The first-order valence-corrected chi connectivity index (χ1v) is 15.0. The van der Waals surface area contributed by atoms with Crippen molar-refractivity contribution in [2.45, 2.75) is 69.7 Å². The quantitative estimate of drug-likeness (QED) is 0.150. The molecule has 0 aromatic heterocycles. The molecule has 1 saturated heterocycles. The minimum Gasteiger partial charge on any atom is -0.508 e. The van der Waals surface area contributed by atoms with Gasteiger partial charge in [-0.05, 0) is 60.8 Å². The van der Waals surface area contributed by atoms with Crippen LogP contribution in [0.25, 0.3) is 0 Å². The predicted octanol–water partition coefficient (Wildman–Crippen LogP) is 5.07. The Morgan fingerprint density at radius 3 is 2.34 bits per heavy atom. The number of ether oxygens (including phenoxy) is 2. The summed E-state index contributed by atoms with van der Waals surface area (Å²) in [5.74, 6) is -0.845. The van der Waals surface area contributed by atoms with Gasteiger partial charge < -0.3 is 40.1 Å². The zero-order valence-corrected chi connectivity index (χ0v) is 25.0. The number of hydrogen-bond donors (Lipinski definition) is 5. The smallest absolute Gasteiger partial charge is 0.303 e. The molecule has 236 valence electrons. The Bertz CT molecular complexity index is 1350. The van der Waals surface area contributed by atoms with E-state index in [0.29, 0.717) is 56.4 Å². The van der Waals surface area contributed by atoms with Gasteiger partial charge in [0, 0.05) is 43.6 Å². The van der Waals surface area contributed by atoms with Crippen LogP contribution in [0.5, 0.6) is 5.75 Å². The van der Waals surface area contributed by atoms with E-state index in [2.05, 4.69) is 5.32 Å². The number of amides is 1. The van der Waals surface area contributed by atoms with Crippen molar-refractivity contribution >= 4 is 17.6 Å². The number of rotatable bonds is 15. The van der Waals surface area contributed by atoms with Crippen LogP contribution in [0, 0.1) is 0 Å². The van der Waals surface area contributed by atoms with E-state index in [0.717, 1.165) is 16.7 Å². The van der Waals surface area contributed by atoms with Crippen molar-refractivity contribution in [2.75, 3.05) is 25.5 Å². The third kappa shape index (κ3) is 10.1. The molecule has 0 spiro atoms. The highest BCUT2D eigenvalue weighted by Gasteiger charge is 2.33. The maximum atomic E-state index is 12.3. The molecule has 10 heteroatoms. The molecule has 1 amide bonds. The number of aliphatic hydroxyl groups is 2. The van der Waals surface area contributed by atoms with Crippen LogP contribution in [0.15, 0.2) is 72.8 Å². The van der Waals surface area contributed by atoms with Gasteiger partial charge in [-0.15, -0.1) is 0 Å². The minimum absolute atomic E-state index is 0.0416. The van der Waals surface area contributed by atoms with Crippen molar-refractivity contribution in [3.05, 3.63) is 95.1 Å². The highest BCUT2D eigenvalue weighted by atomic mass is 16.7. The molecule has 4 unspecified atom stereocenters. The number of nitrogens with zero attached hydrogens (tertiary/aromatic N) is 1. The highest BCUT2D eigenvalue weighted by Crippen LogP contribution is 2.38. The molecular weight excluding hydrogens is 564 g/mol. The van der Waals surface area contributed by atoms with Crippen LogP contribution in [0.2, 0.25) is 0 Å². The standard InChI is InChI=1S/C34H42N2O8/c1-36(21-30(39)26-6-5-7-28(38)18-26)20-29-19-31(24-12-10-23(22-37)11-13-24)44-34(43-29)25-14-16-27(17-15-25)35-32(40)8-3-2-4-9-33(41)42/h5-7,10-18,29-31,34,37-39H,2-4,8-9,19-22H2,1H3,(H,35,40)(H,41,42). The number of likely N-dealkylation sites (N-methyl/N-ethyl adjacent to an activating group) is 1. The van der Waals surface area contributed by atoms with Gasteiger partial charge >= 0.3 is 5.97 Å². The SMILES string of the molecule is CN(CC1CC(c2ccc(CO)cc2)OC(c2ccc(NC(=O)CCCCCC(=O)O)cc2)O1)CC(O)c1cccc(O)c1. The Balaban J connectivity index is 1.40. The molecular formula is C34H42N2O8. The van der Waals surface area contributed by atoms with Gasteiger partial charge in [0.2, 0.25) is 5.91 Å². The average molecular weight is 607 g/mol. The molecule has 4 rings (SSSR count). The molecule has 1 fully saturated rings. The first-order chi connectivity index (χ1) is 21.2. The van der Waals surface area contributed by atoms with Gasteiger partial charge in [-0.25, -0.2) is 0 Å². The fourth-order valence-electron chi connectivity index (χ4n) is 5.27. The zero-order valence-electron chi connectivity index (χ0n) is 25.0. The number of aliphatic carboxylic acids is 1. The maximum absolute atomic E-state index is 12.3. The van der Waals surface area contributed by atoms with Crippen molar-refractivity contribution in [3.8, 4) is 5.75 Å². The molecule has 3 aromatic rings. The van der Waals surface area contributed by atoms with E-state index >= 15 is 0 Å². The lowest BCUT2D eigenvalue weighted by Gasteiger charge is -2.38. The number of carboxylic acids is 1. The normalized spacial score (nSPS) is 19.0. The lowest BCUT2D eigenvalue weighted by Crippen LogP contribution is -2.39. The molecule has 1 heterocycles. The number of carboxylic acid groups (broad SMARTS) is 1.